The van der Waals surface area contributed by atoms with Crippen molar-refractivity contribution in [1.82, 2.24) is 0 Å². The Bertz CT molecular complexity index is 288. The predicted octanol–water partition coefficient (Wildman–Crippen LogP) is 2.64. The molecule has 0 fully saturated rings. The lowest BCUT2D eigenvalue weighted by Gasteiger charge is -1.99. The number of carboxylic acid groups (broad SMARTS) is 1. The van der Waals surface area contributed by atoms with Gasteiger partial charge >= 0.3 is 5.97 Å². The van der Waals surface area contributed by atoms with Gasteiger partial charge in [0.25, 0.3) is 0 Å². The van der Waals surface area contributed by atoms with Crippen molar-refractivity contribution in [2.45, 2.75) is 39.0 Å². The largest absolute Gasteiger partial charge is 0.481 e. The maximum Gasteiger partial charge on any atom is 0.307 e. The van der Waals surface area contributed by atoms with Gasteiger partial charge in [0.1, 0.15) is 5.76 Å². The zero-order valence-corrected chi connectivity index (χ0v) is 8.45. The third-order valence-electron chi connectivity index (χ3n) is 2.19. The number of carbonyl (C=O) groups is 1. The summed E-state index contributed by atoms with van der Waals surface area (Å²) < 4.78 is 5.25. The fourth-order valence-corrected chi connectivity index (χ4v) is 1.44. The van der Waals surface area contributed by atoms with Gasteiger partial charge in [-0.2, -0.15) is 0 Å². The van der Waals surface area contributed by atoms with Crippen LogP contribution in [0.3, 0.4) is 0 Å². The maximum absolute atomic E-state index is 10.5. The van der Waals surface area contributed by atoms with Gasteiger partial charge in [-0.05, 0) is 12.5 Å². The highest BCUT2D eigenvalue weighted by Crippen LogP contribution is 2.14. The summed E-state index contributed by atoms with van der Waals surface area (Å²) in [7, 11) is 0. The summed E-state index contributed by atoms with van der Waals surface area (Å²) in [5, 5.41) is 8.64. The SMILES string of the molecule is CCCCCc1occc1CC(=O)O. The van der Waals surface area contributed by atoms with Gasteiger partial charge in [0.05, 0.1) is 12.7 Å². The molecule has 0 spiro atoms. The first kappa shape index (κ1) is 10.8. The van der Waals surface area contributed by atoms with E-state index in [0.717, 1.165) is 37.0 Å². The van der Waals surface area contributed by atoms with E-state index in [1.807, 2.05) is 0 Å². The number of aliphatic carboxylic acids is 1. The van der Waals surface area contributed by atoms with E-state index in [9.17, 15) is 4.79 Å². The van der Waals surface area contributed by atoms with Gasteiger partial charge in [0.15, 0.2) is 0 Å². The first-order valence-corrected chi connectivity index (χ1v) is 5.01. The Labute approximate surface area is 83.7 Å². The summed E-state index contributed by atoms with van der Waals surface area (Å²) in [6, 6.07) is 1.75. The molecule has 0 aliphatic carbocycles. The molecule has 0 aliphatic heterocycles. The topological polar surface area (TPSA) is 50.4 Å². The van der Waals surface area contributed by atoms with Crippen LogP contribution in [0.15, 0.2) is 16.7 Å². The minimum atomic E-state index is -0.803. The second-order valence-corrected chi connectivity index (χ2v) is 3.40. The van der Waals surface area contributed by atoms with Crippen LogP contribution in [-0.4, -0.2) is 11.1 Å². The second-order valence-electron chi connectivity index (χ2n) is 3.40. The fourth-order valence-electron chi connectivity index (χ4n) is 1.44. The summed E-state index contributed by atoms with van der Waals surface area (Å²) in [6.07, 6.45) is 5.87. The third-order valence-corrected chi connectivity index (χ3v) is 2.19. The summed E-state index contributed by atoms with van der Waals surface area (Å²) in [5.74, 6) is 0.0315. The zero-order chi connectivity index (χ0) is 10.4. The van der Waals surface area contributed by atoms with Crippen LogP contribution in [0.25, 0.3) is 0 Å². The third kappa shape index (κ3) is 3.24. The fraction of sp³-hybridized carbons (Fsp3) is 0.545. The molecule has 0 saturated carbocycles. The predicted molar refractivity (Wildman–Crippen MR) is 53.3 cm³/mol. The van der Waals surface area contributed by atoms with Gasteiger partial charge in [-0.15, -0.1) is 0 Å². The van der Waals surface area contributed by atoms with Crippen molar-refractivity contribution in [2.24, 2.45) is 0 Å². The molecule has 0 aromatic carbocycles. The highest BCUT2D eigenvalue weighted by Gasteiger charge is 2.09. The highest BCUT2D eigenvalue weighted by atomic mass is 16.4. The number of aryl methyl sites for hydroxylation is 1. The zero-order valence-electron chi connectivity index (χ0n) is 8.45. The quantitative estimate of drug-likeness (QED) is 0.711. The lowest BCUT2D eigenvalue weighted by atomic mass is 10.1. The normalized spacial score (nSPS) is 10.4. The van der Waals surface area contributed by atoms with Gasteiger partial charge in [-0.25, -0.2) is 0 Å². The molecular formula is C11H16O3. The van der Waals surface area contributed by atoms with Gasteiger partial charge in [-0.1, -0.05) is 19.8 Å². The van der Waals surface area contributed by atoms with Gasteiger partial charge in [-0.3, -0.25) is 4.79 Å². The molecule has 14 heavy (non-hydrogen) atoms. The Kier molecular flexibility index (Phi) is 4.23. The van der Waals surface area contributed by atoms with Crippen molar-refractivity contribution in [3.05, 3.63) is 23.7 Å². The van der Waals surface area contributed by atoms with Crippen molar-refractivity contribution in [3.63, 3.8) is 0 Å². The molecule has 0 radical (unpaired) electrons. The monoisotopic (exact) mass is 196 g/mol. The van der Waals surface area contributed by atoms with Crippen LogP contribution in [-0.2, 0) is 17.6 Å². The molecule has 0 amide bonds. The molecule has 0 atom stereocenters. The average Bonchev–Trinajstić information content (AvgIpc) is 2.52. The van der Waals surface area contributed by atoms with Crippen molar-refractivity contribution in [1.29, 1.82) is 0 Å². The van der Waals surface area contributed by atoms with Crippen LogP contribution in [0.1, 0.15) is 37.5 Å². The van der Waals surface area contributed by atoms with Crippen molar-refractivity contribution in [3.8, 4) is 0 Å². The molecule has 0 saturated heterocycles. The molecule has 78 valence electrons. The van der Waals surface area contributed by atoms with Crippen LogP contribution in [0, 0.1) is 0 Å². The molecule has 1 rings (SSSR count). The Hall–Kier alpha value is -1.25. The number of unbranched alkanes of at least 4 members (excludes halogenated alkanes) is 2. The molecule has 3 nitrogen and oxygen atoms in total. The van der Waals surface area contributed by atoms with E-state index in [0.29, 0.717) is 0 Å². The number of furan rings is 1. The van der Waals surface area contributed by atoms with Crippen molar-refractivity contribution in [2.75, 3.05) is 0 Å². The summed E-state index contributed by atoms with van der Waals surface area (Å²) in [6.45, 7) is 2.14. The standard InChI is InChI=1S/C11H16O3/c1-2-3-4-5-10-9(6-7-14-10)8-11(12)13/h6-7H,2-5,8H2,1H3,(H,12,13). The minimum absolute atomic E-state index is 0.0674. The van der Waals surface area contributed by atoms with E-state index >= 15 is 0 Å². The maximum atomic E-state index is 10.5. The van der Waals surface area contributed by atoms with E-state index in [2.05, 4.69) is 6.92 Å². The van der Waals surface area contributed by atoms with E-state index in [-0.39, 0.29) is 6.42 Å². The molecule has 0 aliphatic rings. The lowest BCUT2D eigenvalue weighted by molar-refractivity contribution is -0.136. The average molecular weight is 196 g/mol. The van der Waals surface area contributed by atoms with Crippen LogP contribution in [0.5, 0.6) is 0 Å². The molecule has 0 unspecified atom stereocenters. The summed E-state index contributed by atoms with van der Waals surface area (Å²) in [5.41, 5.74) is 0.814. The van der Waals surface area contributed by atoms with E-state index in [4.69, 9.17) is 9.52 Å². The lowest BCUT2D eigenvalue weighted by Crippen LogP contribution is -2.01. The van der Waals surface area contributed by atoms with E-state index in [1.54, 1.807) is 12.3 Å². The first-order chi connectivity index (χ1) is 6.74. The first-order valence-electron chi connectivity index (χ1n) is 5.01. The number of hydrogen-bond donors (Lipinski definition) is 1. The van der Waals surface area contributed by atoms with Gasteiger partial charge in [0, 0.05) is 12.0 Å². The van der Waals surface area contributed by atoms with Crippen LogP contribution in [0.2, 0.25) is 0 Å². The summed E-state index contributed by atoms with van der Waals surface area (Å²) >= 11 is 0. The van der Waals surface area contributed by atoms with Crippen LogP contribution < -0.4 is 0 Å². The Morgan fingerprint density at radius 1 is 1.50 bits per heavy atom. The minimum Gasteiger partial charge on any atom is -0.481 e. The summed E-state index contributed by atoms with van der Waals surface area (Å²) in [4.78, 5) is 10.5. The molecule has 1 aromatic rings. The van der Waals surface area contributed by atoms with Crippen molar-refractivity contribution >= 4 is 5.97 Å². The Morgan fingerprint density at radius 2 is 2.29 bits per heavy atom. The van der Waals surface area contributed by atoms with E-state index < -0.39 is 5.97 Å². The van der Waals surface area contributed by atoms with Crippen LogP contribution >= 0.6 is 0 Å². The van der Waals surface area contributed by atoms with Crippen molar-refractivity contribution < 1.29 is 14.3 Å². The molecular weight excluding hydrogens is 180 g/mol. The Morgan fingerprint density at radius 3 is 2.93 bits per heavy atom. The second kappa shape index (κ2) is 5.47. The molecule has 1 heterocycles. The molecule has 0 bridgehead atoms. The highest BCUT2D eigenvalue weighted by molar-refractivity contribution is 5.70. The Balaban J connectivity index is 2.49. The molecule has 1 N–H and O–H groups in total. The molecule has 1 aromatic heterocycles. The number of carboxylic acids is 1. The van der Waals surface area contributed by atoms with Crippen LogP contribution in [0.4, 0.5) is 0 Å². The van der Waals surface area contributed by atoms with E-state index in [1.165, 1.54) is 0 Å². The molecule has 3 heteroatoms. The smallest absolute Gasteiger partial charge is 0.307 e. The van der Waals surface area contributed by atoms with Gasteiger partial charge < -0.3 is 9.52 Å². The van der Waals surface area contributed by atoms with Gasteiger partial charge in [0.2, 0.25) is 0 Å². The number of hydrogen-bond acceptors (Lipinski definition) is 2. The number of rotatable bonds is 6.